The van der Waals surface area contributed by atoms with Crippen molar-refractivity contribution < 1.29 is 45.6 Å². The molecule has 2 fully saturated rings. The van der Waals surface area contributed by atoms with Gasteiger partial charge in [0.15, 0.2) is 11.8 Å². The molecule has 5 rings (SSSR count). The number of alkyl halides is 5. The quantitative estimate of drug-likeness (QED) is 0.275. The van der Waals surface area contributed by atoms with Crippen LogP contribution in [0.4, 0.5) is 26.7 Å². The van der Waals surface area contributed by atoms with Crippen LogP contribution in [0.25, 0.3) is 11.0 Å². The number of imidazole rings is 1. The number of aromatic amines is 1. The van der Waals surface area contributed by atoms with E-state index >= 15 is 0 Å². The second-order valence-corrected chi connectivity index (χ2v) is 10.8. The molecule has 3 amide bonds. The SMILES string of the molecule is Cc1nonc1C(=O)N[C@H](c1nc2cc([C@@H](COC3CC3)N3CC(F)(F)CNC3=O)ccc2[nH]1)[C@@H](C)O[C@@H](C)C(F)(F)F. The van der Waals surface area contributed by atoms with Gasteiger partial charge >= 0.3 is 12.2 Å². The number of amides is 3. The van der Waals surface area contributed by atoms with Gasteiger partial charge in [-0.25, -0.2) is 23.2 Å². The predicted octanol–water partition coefficient (Wildman–Crippen LogP) is 3.96. The third-order valence-corrected chi connectivity index (χ3v) is 7.26. The molecule has 0 spiro atoms. The molecule has 1 aliphatic heterocycles. The van der Waals surface area contributed by atoms with E-state index in [1.807, 2.05) is 0 Å². The highest BCUT2D eigenvalue weighted by Gasteiger charge is 2.43. The highest BCUT2D eigenvalue weighted by atomic mass is 19.4. The largest absolute Gasteiger partial charge is 0.414 e. The molecule has 17 heteroatoms. The molecule has 0 bridgehead atoms. The summed E-state index contributed by atoms with van der Waals surface area (Å²) in [5.41, 5.74) is 1.19. The number of fused-ring (bicyclic) bond motifs is 1. The fraction of sp³-hybridized carbons (Fsp3) is 0.577. The minimum absolute atomic E-state index is 0.00919. The van der Waals surface area contributed by atoms with Gasteiger partial charge in [0.1, 0.15) is 17.6 Å². The van der Waals surface area contributed by atoms with Gasteiger partial charge in [-0.2, -0.15) is 13.2 Å². The van der Waals surface area contributed by atoms with Gasteiger partial charge in [-0.1, -0.05) is 11.2 Å². The maximum absolute atomic E-state index is 14.3. The van der Waals surface area contributed by atoms with E-state index in [9.17, 15) is 31.5 Å². The highest BCUT2D eigenvalue weighted by Crippen LogP contribution is 2.33. The molecule has 2 aliphatic rings. The van der Waals surface area contributed by atoms with Gasteiger partial charge in [0.05, 0.1) is 49.0 Å². The van der Waals surface area contributed by atoms with Gasteiger partial charge in [-0.3, -0.25) is 4.79 Å². The van der Waals surface area contributed by atoms with Crippen LogP contribution in [0, 0.1) is 6.92 Å². The lowest BCUT2D eigenvalue weighted by molar-refractivity contribution is -0.227. The number of aryl methyl sites for hydroxylation is 1. The second kappa shape index (κ2) is 11.7. The van der Waals surface area contributed by atoms with Crippen LogP contribution in [-0.4, -0.2) is 87.2 Å². The number of benzene rings is 1. The van der Waals surface area contributed by atoms with E-state index in [4.69, 9.17) is 9.47 Å². The minimum Gasteiger partial charge on any atom is -0.376 e. The molecule has 3 N–H and O–H groups in total. The summed E-state index contributed by atoms with van der Waals surface area (Å²) in [6, 6.07) is 2.04. The highest BCUT2D eigenvalue weighted by molar-refractivity contribution is 5.93. The Morgan fingerprint density at radius 3 is 2.65 bits per heavy atom. The van der Waals surface area contributed by atoms with E-state index in [0.29, 0.717) is 16.6 Å². The first-order valence-electron chi connectivity index (χ1n) is 13.6. The van der Waals surface area contributed by atoms with E-state index in [0.717, 1.165) is 24.7 Å². The lowest BCUT2D eigenvalue weighted by Gasteiger charge is -2.38. The van der Waals surface area contributed by atoms with Crippen molar-refractivity contribution in [2.75, 3.05) is 19.7 Å². The van der Waals surface area contributed by atoms with Gasteiger partial charge in [0, 0.05) is 0 Å². The number of H-pyrrole nitrogens is 1. The van der Waals surface area contributed by atoms with Crippen LogP contribution < -0.4 is 10.6 Å². The lowest BCUT2D eigenvalue weighted by Crippen LogP contribution is -2.58. The first-order chi connectivity index (χ1) is 20.2. The van der Waals surface area contributed by atoms with Gasteiger partial charge in [0.25, 0.3) is 11.8 Å². The van der Waals surface area contributed by atoms with Crippen LogP contribution in [-0.2, 0) is 9.47 Å². The number of ether oxygens (including phenoxy) is 2. The summed E-state index contributed by atoms with van der Waals surface area (Å²) in [4.78, 5) is 34.1. The summed E-state index contributed by atoms with van der Waals surface area (Å²) >= 11 is 0. The summed E-state index contributed by atoms with van der Waals surface area (Å²) < 4.78 is 84.0. The molecule has 12 nitrogen and oxygen atoms in total. The Morgan fingerprint density at radius 2 is 2.00 bits per heavy atom. The number of hydrogen-bond donors (Lipinski definition) is 3. The standard InChI is InChI=1S/C26H30F5N7O5/c1-12-20(37-43-36-12)23(39)35-21(13(2)42-14(3)26(29,30)31)22-33-17-7-4-15(8-18(17)34-22)19(9-41-16-5-6-16)38-11-25(27,28)10-32-24(38)40/h4,7-8,13-14,16,19,21H,5-6,9-11H2,1-3H3,(H,32,40)(H,33,34)(H,35,39)/t13-,14+,19-,21+/m1/s1. The number of carbonyl (C=O) groups excluding carboxylic acids is 2. The molecule has 2 aromatic heterocycles. The Labute approximate surface area is 241 Å². The topological polar surface area (TPSA) is 147 Å². The average molecular weight is 616 g/mol. The molecular weight excluding hydrogens is 585 g/mol. The molecule has 1 aliphatic carbocycles. The lowest BCUT2D eigenvalue weighted by atomic mass is 10.0. The number of nitrogens with one attached hydrogen (secondary N) is 3. The van der Waals surface area contributed by atoms with Crippen molar-refractivity contribution in [3.63, 3.8) is 0 Å². The number of carbonyl (C=O) groups is 2. The van der Waals surface area contributed by atoms with Crippen molar-refractivity contribution in [1.82, 2.24) is 35.8 Å². The van der Waals surface area contributed by atoms with Crippen molar-refractivity contribution in [3.8, 4) is 0 Å². The minimum atomic E-state index is -4.66. The predicted molar refractivity (Wildman–Crippen MR) is 138 cm³/mol. The second-order valence-electron chi connectivity index (χ2n) is 10.8. The van der Waals surface area contributed by atoms with Crippen molar-refractivity contribution in [2.45, 2.75) is 76.1 Å². The van der Waals surface area contributed by atoms with Crippen molar-refractivity contribution in [3.05, 3.63) is 41.0 Å². The van der Waals surface area contributed by atoms with Crippen LogP contribution >= 0.6 is 0 Å². The molecule has 43 heavy (non-hydrogen) atoms. The molecule has 1 saturated carbocycles. The molecule has 234 valence electrons. The van der Waals surface area contributed by atoms with E-state index < -0.39 is 61.4 Å². The van der Waals surface area contributed by atoms with Gasteiger partial charge < -0.3 is 30.0 Å². The smallest absolute Gasteiger partial charge is 0.376 e. The van der Waals surface area contributed by atoms with E-state index in [-0.39, 0.29) is 29.9 Å². The molecular formula is C26H30F5N7O5. The molecule has 3 heterocycles. The fourth-order valence-electron chi connectivity index (χ4n) is 4.69. The number of halogens is 5. The number of urea groups is 1. The van der Waals surface area contributed by atoms with Crippen molar-refractivity contribution in [2.24, 2.45) is 0 Å². The first-order valence-corrected chi connectivity index (χ1v) is 13.6. The van der Waals surface area contributed by atoms with E-state index in [2.05, 4.69) is 35.5 Å². The zero-order chi connectivity index (χ0) is 31.1. The molecule has 1 aromatic carbocycles. The molecule has 0 unspecified atom stereocenters. The van der Waals surface area contributed by atoms with Crippen LogP contribution in [0.3, 0.4) is 0 Å². The van der Waals surface area contributed by atoms with Crippen LogP contribution in [0.15, 0.2) is 22.8 Å². The summed E-state index contributed by atoms with van der Waals surface area (Å²) in [7, 11) is 0. The Morgan fingerprint density at radius 1 is 1.26 bits per heavy atom. The average Bonchev–Trinajstić information content (AvgIpc) is 3.50. The summed E-state index contributed by atoms with van der Waals surface area (Å²) in [6.07, 6.45) is -6.39. The number of aromatic nitrogens is 4. The van der Waals surface area contributed by atoms with Crippen molar-refractivity contribution >= 4 is 23.0 Å². The number of nitrogens with zero attached hydrogens (tertiary/aromatic N) is 4. The molecule has 4 atom stereocenters. The molecule has 1 saturated heterocycles. The maximum atomic E-state index is 14.3. The van der Waals surface area contributed by atoms with Gasteiger partial charge in [-0.05, 0) is 56.5 Å². The zero-order valence-electron chi connectivity index (χ0n) is 23.4. The van der Waals surface area contributed by atoms with Crippen LogP contribution in [0.1, 0.15) is 66.3 Å². The normalized spacial score (nSPS) is 20.0. The Kier molecular flexibility index (Phi) is 8.30. The van der Waals surface area contributed by atoms with E-state index in [1.54, 1.807) is 18.2 Å². The molecule has 3 aromatic rings. The van der Waals surface area contributed by atoms with Crippen molar-refractivity contribution in [1.29, 1.82) is 0 Å². The third kappa shape index (κ3) is 7.04. The van der Waals surface area contributed by atoms with Crippen LogP contribution in [0.5, 0.6) is 0 Å². The monoisotopic (exact) mass is 615 g/mol. The summed E-state index contributed by atoms with van der Waals surface area (Å²) in [5, 5.41) is 11.9. The third-order valence-electron chi connectivity index (χ3n) is 7.26. The number of rotatable bonds is 11. The zero-order valence-corrected chi connectivity index (χ0v) is 23.4. The number of hydrogen-bond acceptors (Lipinski definition) is 8. The van der Waals surface area contributed by atoms with Gasteiger partial charge in [-0.15, -0.1) is 0 Å². The first kappa shape index (κ1) is 30.6. The van der Waals surface area contributed by atoms with Crippen LogP contribution in [0.2, 0.25) is 0 Å². The maximum Gasteiger partial charge on any atom is 0.414 e. The summed E-state index contributed by atoms with van der Waals surface area (Å²) in [6.45, 7) is 2.05. The fourth-order valence-corrected chi connectivity index (χ4v) is 4.69. The van der Waals surface area contributed by atoms with Gasteiger partial charge in [0.2, 0.25) is 0 Å². The Balaban J connectivity index is 1.46. The molecule has 0 radical (unpaired) electrons. The van der Waals surface area contributed by atoms with E-state index in [1.165, 1.54) is 13.8 Å². The summed E-state index contributed by atoms with van der Waals surface area (Å²) in [5.74, 6) is -3.87. The Hall–Kier alpha value is -3.86. The Bertz CT molecular complexity index is 1470.